The van der Waals surface area contributed by atoms with Crippen LogP contribution in [0.4, 0.5) is 0 Å². The summed E-state index contributed by atoms with van der Waals surface area (Å²) in [5, 5.41) is 3.99. The number of methoxy groups -OCH3 is 2. The number of aryl methyl sites for hydroxylation is 1. The first kappa shape index (κ1) is 22.0. The van der Waals surface area contributed by atoms with E-state index in [4.69, 9.17) is 14.0 Å². The summed E-state index contributed by atoms with van der Waals surface area (Å²) in [5.41, 5.74) is 1.78. The van der Waals surface area contributed by atoms with Crippen molar-refractivity contribution in [2.75, 3.05) is 20.8 Å². The molecule has 2 aromatic carbocycles. The number of aromatic nitrogens is 2. The molecule has 0 saturated heterocycles. The van der Waals surface area contributed by atoms with Gasteiger partial charge in [-0.25, -0.2) is 0 Å². The van der Waals surface area contributed by atoms with Gasteiger partial charge in [0.2, 0.25) is 17.6 Å². The zero-order valence-corrected chi connectivity index (χ0v) is 17.6. The number of esters is 1. The van der Waals surface area contributed by atoms with E-state index in [2.05, 4.69) is 10.1 Å². The van der Waals surface area contributed by atoms with Crippen molar-refractivity contribution in [1.29, 1.82) is 0 Å². The van der Waals surface area contributed by atoms with Crippen molar-refractivity contribution >= 4 is 11.9 Å². The molecule has 0 spiro atoms. The van der Waals surface area contributed by atoms with Crippen molar-refractivity contribution in [3.63, 3.8) is 0 Å². The molecule has 0 aliphatic rings. The number of carbonyl (C=O) groups excluding carboxylic acids is 2. The number of benzene rings is 2. The third kappa shape index (κ3) is 6.40. The van der Waals surface area contributed by atoms with E-state index in [1.54, 1.807) is 12.0 Å². The molecule has 1 heterocycles. The Hall–Kier alpha value is -3.68. The summed E-state index contributed by atoms with van der Waals surface area (Å²) in [6.07, 6.45) is 0.640. The average Bonchev–Trinajstić information content (AvgIpc) is 3.29. The van der Waals surface area contributed by atoms with E-state index in [0.29, 0.717) is 24.7 Å². The predicted octanol–water partition coefficient (Wildman–Crippen LogP) is 3.27. The van der Waals surface area contributed by atoms with E-state index in [0.717, 1.165) is 16.9 Å². The molecule has 0 N–H and O–H groups in total. The largest absolute Gasteiger partial charge is 0.497 e. The van der Waals surface area contributed by atoms with Crippen molar-refractivity contribution < 1.29 is 23.6 Å². The van der Waals surface area contributed by atoms with Crippen LogP contribution in [0.5, 0.6) is 5.75 Å². The highest BCUT2D eigenvalue weighted by atomic mass is 16.5. The van der Waals surface area contributed by atoms with Crippen LogP contribution in [0.25, 0.3) is 11.4 Å². The highest BCUT2D eigenvalue weighted by molar-refractivity contribution is 5.77. The first-order valence-corrected chi connectivity index (χ1v) is 9.94. The summed E-state index contributed by atoms with van der Waals surface area (Å²) in [7, 11) is 2.94. The van der Waals surface area contributed by atoms with Crippen LogP contribution in [0.15, 0.2) is 59.1 Å². The average molecular weight is 423 g/mol. The maximum atomic E-state index is 12.8. The Morgan fingerprint density at radius 1 is 1.00 bits per heavy atom. The van der Waals surface area contributed by atoms with Crippen molar-refractivity contribution in [3.8, 4) is 17.1 Å². The fraction of sp³-hybridized carbons (Fsp3) is 0.304. The maximum Gasteiger partial charge on any atom is 0.307 e. The van der Waals surface area contributed by atoms with Crippen LogP contribution in [0.2, 0.25) is 0 Å². The fourth-order valence-electron chi connectivity index (χ4n) is 3.01. The lowest BCUT2D eigenvalue weighted by Gasteiger charge is -2.22. The topological polar surface area (TPSA) is 94.8 Å². The molecule has 1 aromatic heterocycles. The van der Waals surface area contributed by atoms with Crippen molar-refractivity contribution in [3.05, 3.63) is 66.1 Å². The van der Waals surface area contributed by atoms with E-state index in [1.165, 1.54) is 7.11 Å². The summed E-state index contributed by atoms with van der Waals surface area (Å²) in [6.45, 7) is 0.693. The molecular formula is C23H25N3O5. The number of hydrogen-bond donors (Lipinski definition) is 0. The highest BCUT2D eigenvalue weighted by Crippen LogP contribution is 2.20. The van der Waals surface area contributed by atoms with Gasteiger partial charge >= 0.3 is 5.97 Å². The molecule has 0 aliphatic heterocycles. The molecule has 3 rings (SSSR count). The summed E-state index contributed by atoms with van der Waals surface area (Å²) in [6, 6.07) is 16.9. The summed E-state index contributed by atoms with van der Waals surface area (Å²) >= 11 is 0. The Kier molecular flexibility index (Phi) is 7.75. The monoisotopic (exact) mass is 423 g/mol. The van der Waals surface area contributed by atoms with Gasteiger partial charge in [0.1, 0.15) is 5.75 Å². The molecule has 31 heavy (non-hydrogen) atoms. The van der Waals surface area contributed by atoms with Crippen molar-refractivity contribution in [1.82, 2.24) is 15.0 Å². The first-order valence-electron chi connectivity index (χ1n) is 9.94. The number of amides is 1. The Morgan fingerprint density at radius 2 is 1.74 bits per heavy atom. The third-order valence-electron chi connectivity index (χ3n) is 4.75. The molecule has 0 bridgehead atoms. The van der Waals surface area contributed by atoms with Gasteiger partial charge in [0, 0.05) is 31.5 Å². The normalized spacial score (nSPS) is 10.5. The molecule has 3 aromatic rings. The summed E-state index contributed by atoms with van der Waals surface area (Å²) in [5.74, 6) is 1.12. The second-order valence-electron chi connectivity index (χ2n) is 6.87. The van der Waals surface area contributed by atoms with Gasteiger partial charge < -0.3 is 18.9 Å². The van der Waals surface area contributed by atoms with Gasteiger partial charge in [-0.15, -0.1) is 0 Å². The Bertz CT molecular complexity index is 986. The number of carbonyl (C=O) groups is 2. The van der Waals surface area contributed by atoms with E-state index in [1.807, 2.05) is 54.6 Å². The molecule has 162 valence electrons. The molecule has 0 atom stereocenters. The second kappa shape index (κ2) is 10.9. The van der Waals surface area contributed by atoms with Crippen molar-refractivity contribution in [2.24, 2.45) is 0 Å². The Labute approximate surface area is 180 Å². The fourth-order valence-corrected chi connectivity index (χ4v) is 3.01. The van der Waals surface area contributed by atoms with Crippen LogP contribution in [0, 0.1) is 0 Å². The van der Waals surface area contributed by atoms with E-state index >= 15 is 0 Å². The Morgan fingerprint density at radius 3 is 2.42 bits per heavy atom. The van der Waals surface area contributed by atoms with Crippen LogP contribution in [0.3, 0.4) is 0 Å². The lowest BCUT2D eigenvalue weighted by atomic mass is 10.2. The quantitative estimate of drug-likeness (QED) is 0.462. The molecule has 0 radical (unpaired) electrons. The summed E-state index contributed by atoms with van der Waals surface area (Å²) in [4.78, 5) is 30.4. The van der Waals surface area contributed by atoms with Crippen LogP contribution in [0.1, 0.15) is 24.3 Å². The van der Waals surface area contributed by atoms with Gasteiger partial charge in [0.15, 0.2) is 0 Å². The molecule has 0 aliphatic carbocycles. The van der Waals surface area contributed by atoms with E-state index in [-0.39, 0.29) is 31.3 Å². The molecule has 0 saturated carbocycles. The minimum absolute atomic E-state index is 0.100. The SMILES string of the molecule is COC(=O)CCN(Cc1ccccc1)C(=O)CCc1nc(-c2ccc(OC)cc2)no1. The smallest absolute Gasteiger partial charge is 0.307 e. The number of hydrogen-bond acceptors (Lipinski definition) is 7. The lowest BCUT2D eigenvalue weighted by Crippen LogP contribution is -2.33. The van der Waals surface area contributed by atoms with E-state index < -0.39 is 0 Å². The van der Waals surface area contributed by atoms with E-state index in [9.17, 15) is 9.59 Å². The second-order valence-corrected chi connectivity index (χ2v) is 6.87. The van der Waals surface area contributed by atoms with Crippen molar-refractivity contribution in [2.45, 2.75) is 25.8 Å². The molecule has 0 unspecified atom stereocenters. The van der Waals surface area contributed by atoms with Gasteiger partial charge in [-0.3, -0.25) is 9.59 Å². The molecule has 8 nitrogen and oxygen atoms in total. The summed E-state index contributed by atoms with van der Waals surface area (Å²) < 4.78 is 15.2. The molecule has 1 amide bonds. The number of ether oxygens (including phenoxy) is 2. The van der Waals surface area contributed by atoms with Gasteiger partial charge in [-0.05, 0) is 29.8 Å². The minimum atomic E-state index is -0.355. The predicted molar refractivity (Wildman–Crippen MR) is 113 cm³/mol. The molecule has 8 heteroatoms. The zero-order chi connectivity index (χ0) is 22.1. The standard InChI is InChI=1S/C23H25N3O5/c1-29-19-10-8-18(9-11-19)23-24-20(31-25-23)12-13-21(27)26(15-14-22(28)30-2)16-17-6-4-3-5-7-17/h3-11H,12-16H2,1-2H3. The zero-order valence-electron chi connectivity index (χ0n) is 17.6. The van der Waals surface area contributed by atoms with Gasteiger partial charge in [-0.1, -0.05) is 35.5 Å². The van der Waals surface area contributed by atoms with Crippen LogP contribution in [-0.4, -0.2) is 47.7 Å². The lowest BCUT2D eigenvalue weighted by molar-refractivity contribution is -0.142. The minimum Gasteiger partial charge on any atom is -0.497 e. The van der Waals surface area contributed by atoms with Crippen LogP contribution >= 0.6 is 0 Å². The molecular weight excluding hydrogens is 398 g/mol. The van der Waals surface area contributed by atoms with Gasteiger partial charge in [0.25, 0.3) is 0 Å². The number of nitrogens with zero attached hydrogens (tertiary/aromatic N) is 3. The van der Waals surface area contributed by atoms with Crippen LogP contribution < -0.4 is 4.74 Å². The first-order chi connectivity index (χ1) is 15.1. The third-order valence-corrected chi connectivity index (χ3v) is 4.75. The molecule has 0 fully saturated rings. The maximum absolute atomic E-state index is 12.8. The van der Waals surface area contributed by atoms with Crippen LogP contribution in [-0.2, 0) is 27.3 Å². The Balaban J connectivity index is 1.61. The number of rotatable bonds is 10. The van der Waals surface area contributed by atoms with Gasteiger partial charge in [0.05, 0.1) is 20.6 Å². The van der Waals surface area contributed by atoms with Gasteiger partial charge in [-0.2, -0.15) is 4.98 Å². The highest BCUT2D eigenvalue weighted by Gasteiger charge is 2.18.